The van der Waals surface area contributed by atoms with Gasteiger partial charge in [0.2, 0.25) is 0 Å². The molecule has 0 saturated heterocycles. The van der Waals surface area contributed by atoms with E-state index in [0.717, 1.165) is 30.6 Å². The number of halogens is 1. The zero-order chi connectivity index (χ0) is 12.2. The van der Waals surface area contributed by atoms with Crippen LogP contribution in [-0.4, -0.2) is 19.4 Å². The summed E-state index contributed by atoms with van der Waals surface area (Å²) in [5.74, 6) is 0. The van der Waals surface area contributed by atoms with Gasteiger partial charge in [-0.15, -0.1) is 0 Å². The quantitative estimate of drug-likeness (QED) is 0.873. The van der Waals surface area contributed by atoms with E-state index in [9.17, 15) is 8.42 Å². The second-order valence-electron chi connectivity index (χ2n) is 3.60. The molecule has 0 saturated carbocycles. The number of rotatable bonds is 6. The van der Waals surface area contributed by atoms with Gasteiger partial charge >= 0.3 is 0 Å². The Morgan fingerprint density at radius 2 is 2.31 bits per heavy atom. The highest BCUT2D eigenvalue weighted by molar-refractivity contribution is 7.91. The number of hydrogen-bond donors (Lipinski definition) is 1. The van der Waals surface area contributed by atoms with Crippen LogP contribution in [0, 0.1) is 0 Å². The smallest absolute Gasteiger partial charge is 0.232 e. The zero-order valence-electron chi connectivity index (χ0n) is 9.23. The minimum atomic E-state index is -3.45. The molecule has 1 unspecified atom stereocenters. The van der Waals surface area contributed by atoms with E-state index in [1.165, 1.54) is 6.20 Å². The van der Waals surface area contributed by atoms with E-state index in [1.807, 2.05) is 6.92 Å². The van der Waals surface area contributed by atoms with Crippen molar-refractivity contribution in [1.29, 1.82) is 0 Å². The van der Waals surface area contributed by atoms with Gasteiger partial charge in [0.05, 0.1) is 6.20 Å². The molecule has 0 bridgehead atoms. The highest BCUT2D eigenvalue weighted by Crippen LogP contribution is 2.22. The van der Waals surface area contributed by atoms with Crippen LogP contribution < -0.4 is 4.72 Å². The van der Waals surface area contributed by atoms with Gasteiger partial charge in [-0.05, 0) is 13.3 Å². The Hall–Kier alpha value is -0.170. The Morgan fingerprint density at radius 3 is 2.81 bits per heavy atom. The topological polar surface area (TPSA) is 59.1 Å². The lowest BCUT2D eigenvalue weighted by Crippen LogP contribution is -2.32. The van der Waals surface area contributed by atoms with Crippen LogP contribution >= 0.6 is 22.9 Å². The van der Waals surface area contributed by atoms with Gasteiger partial charge in [-0.2, -0.15) is 0 Å². The van der Waals surface area contributed by atoms with Gasteiger partial charge in [-0.1, -0.05) is 42.7 Å². The summed E-state index contributed by atoms with van der Waals surface area (Å²) in [5, 5.41) is 0. The predicted molar refractivity (Wildman–Crippen MR) is 66.4 cm³/mol. The molecule has 0 spiro atoms. The molecule has 0 aliphatic carbocycles. The maximum Gasteiger partial charge on any atom is 0.251 e. The normalized spacial score (nSPS) is 13.9. The van der Waals surface area contributed by atoms with Crippen molar-refractivity contribution in [3.63, 3.8) is 0 Å². The van der Waals surface area contributed by atoms with Crippen LogP contribution in [0.3, 0.4) is 0 Å². The molecule has 16 heavy (non-hydrogen) atoms. The molecule has 1 aromatic rings. The second kappa shape index (κ2) is 5.95. The fraction of sp³-hybridized carbons (Fsp3) is 0.667. The molecule has 92 valence electrons. The van der Waals surface area contributed by atoms with Gasteiger partial charge in [0.1, 0.15) is 0 Å². The lowest BCUT2D eigenvalue weighted by molar-refractivity contribution is 0.535. The van der Waals surface area contributed by atoms with E-state index in [0.29, 0.717) is 0 Å². The third-order valence-corrected chi connectivity index (χ3v) is 5.23. The fourth-order valence-electron chi connectivity index (χ4n) is 1.26. The summed E-state index contributed by atoms with van der Waals surface area (Å²) in [6.07, 6.45) is 4.18. The molecule has 1 rings (SSSR count). The monoisotopic (exact) mass is 282 g/mol. The number of hydrogen-bond acceptors (Lipinski definition) is 4. The van der Waals surface area contributed by atoms with Crippen LogP contribution in [0.2, 0.25) is 4.47 Å². The number of unbranched alkanes of at least 4 members (excludes halogenated alkanes) is 1. The molecule has 4 nitrogen and oxygen atoms in total. The summed E-state index contributed by atoms with van der Waals surface area (Å²) in [4.78, 5) is 3.72. The SMILES string of the molecule is CCCCC(C)NS(=O)(=O)c1cnc(Cl)s1. The van der Waals surface area contributed by atoms with Gasteiger partial charge in [0.25, 0.3) is 10.0 Å². The highest BCUT2D eigenvalue weighted by Gasteiger charge is 2.19. The molecule has 1 aromatic heterocycles. The van der Waals surface area contributed by atoms with Gasteiger partial charge < -0.3 is 0 Å². The Kier molecular flexibility index (Phi) is 5.17. The van der Waals surface area contributed by atoms with Gasteiger partial charge in [0, 0.05) is 6.04 Å². The van der Waals surface area contributed by atoms with Crippen molar-refractivity contribution in [2.45, 2.75) is 43.4 Å². The molecule has 0 radical (unpaired) electrons. The van der Waals surface area contributed by atoms with Gasteiger partial charge in [-0.3, -0.25) is 0 Å². The molecule has 0 aliphatic heterocycles. The van der Waals surface area contributed by atoms with E-state index >= 15 is 0 Å². The standard InChI is InChI=1S/C9H15ClN2O2S2/c1-3-4-5-7(2)12-16(13,14)8-6-11-9(10)15-8/h6-7,12H,3-5H2,1-2H3. The molecule has 0 aromatic carbocycles. The van der Waals surface area contributed by atoms with Crippen molar-refractivity contribution in [2.75, 3.05) is 0 Å². The Morgan fingerprint density at radius 1 is 1.62 bits per heavy atom. The van der Waals surface area contributed by atoms with Crippen molar-refractivity contribution in [3.05, 3.63) is 10.7 Å². The fourth-order valence-corrected chi connectivity index (χ4v) is 3.84. The lowest BCUT2D eigenvalue weighted by atomic mass is 10.2. The molecule has 1 heterocycles. The maximum atomic E-state index is 11.8. The Bertz CT molecular complexity index is 430. The van der Waals surface area contributed by atoms with Crippen molar-refractivity contribution in [2.24, 2.45) is 0 Å². The summed E-state index contributed by atoms with van der Waals surface area (Å²) < 4.78 is 26.6. The molecular formula is C9H15ClN2O2S2. The van der Waals surface area contributed by atoms with E-state index < -0.39 is 10.0 Å². The van der Waals surface area contributed by atoms with Crippen molar-refractivity contribution in [3.8, 4) is 0 Å². The summed E-state index contributed by atoms with van der Waals surface area (Å²) >= 11 is 6.57. The van der Waals surface area contributed by atoms with Crippen LogP contribution in [0.5, 0.6) is 0 Å². The van der Waals surface area contributed by atoms with E-state index in [2.05, 4.69) is 16.6 Å². The average Bonchev–Trinajstić information content (AvgIpc) is 2.62. The van der Waals surface area contributed by atoms with Crippen molar-refractivity contribution in [1.82, 2.24) is 9.71 Å². The minimum Gasteiger partial charge on any atom is -0.232 e. The first-order chi connectivity index (χ1) is 7.45. The molecule has 0 amide bonds. The summed E-state index contributed by atoms with van der Waals surface area (Å²) in [5.41, 5.74) is 0. The highest BCUT2D eigenvalue weighted by atomic mass is 35.5. The first-order valence-electron chi connectivity index (χ1n) is 5.09. The Balaban J connectivity index is 2.65. The number of nitrogens with zero attached hydrogens (tertiary/aromatic N) is 1. The van der Waals surface area contributed by atoms with Crippen LogP contribution in [0.25, 0.3) is 0 Å². The van der Waals surface area contributed by atoms with Crippen LogP contribution in [0.1, 0.15) is 33.1 Å². The molecule has 0 fully saturated rings. The molecule has 1 atom stereocenters. The molecular weight excluding hydrogens is 268 g/mol. The van der Waals surface area contributed by atoms with E-state index in [1.54, 1.807) is 0 Å². The second-order valence-corrected chi connectivity index (χ2v) is 7.15. The minimum absolute atomic E-state index is 0.0641. The summed E-state index contributed by atoms with van der Waals surface area (Å²) in [6, 6.07) is -0.0641. The van der Waals surface area contributed by atoms with E-state index in [-0.39, 0.29) is 14.7 Å². The first kappa shape index (κ1) is 13.9. The molecule has 7 heteroatoms. The van der Waals surface area contributed by atoms with Crippen molar-refractivity contribution >= 4 is 33.0 Å². The first-order valence-corrected chi connectivity index (χ1v) is 7.77. The number of sulfonamides is 1. The lowest BCUT2D eigenvalue weighted by Gasteiger charge is -2.12. The van der Waals surface area contributed by atoms with Crippen molar-refractivity contribution < 1.29 is 8.42 Å². The summed E-state index contributed by atoms with van der Waals surface area (Å²) in [6.45, 7) is 3.93. The number of aromatic nitrogens is 1. The van der Waals surface area contributed by atoms with Gasteiger partial charge in [-0.25, -0.2) is 18.1 Å². The Labute approximate surface area is 105 Å². The third-order valence-electron chi connectivity index (χ3n) is 2.07. The van der Waals surface area contributed by atoms with E-state index in [4.69, 9.17) is 11.6 Å². The molecule has 0 aliphatic rings. The number of thiazole rings is 1. The average molecular weight is 283 g/mol. The van der Waals surface area contributed by atoms with Crippen LogP contribution in [0.15, 0.2) is 10.4 Å². The number of nitrogens with one attached hydrogen (secondary N) is 1. The maximum absolute atomic E-state index is 11.8. The van der Waals surface area contributed by atoms with Gasteiger partial charge in [0.15, 0.2) is 8.68 Å². The van der Waals surface area contributed by atoms with Crippen LogP contribution in [-0.2, 0) is 10.0 Å². The largest absolute Gasteiger partial charge is 0.251 e. The third kappa shape index (κ3) is 4.01. The molecule has 1 N–H and O–H groups in total. The van der Waals surface area contributed by atoms with Crippen LogP contribution in [0.4, 0.5) is 0 Å². The summed E-state index contributed by atoms with van der Waals surface area (Å²) in [7, 11) is -3.45. The zero-order valence-corrected chi connectivity index (χ0v) is 11.6. The predicted octanol–water partition coefficient (Wildman–Crippen LogP) is 2.65.